The Morgan fingerprint density at radius 2 is 1.91 bits per heavy atom. The van der Waals surface area contributed by atoms with Crippen molar-refractivity contribution in [3.05, 3.63) is 82.4 Å². The Labute approximate surface area is 214 Å². The number of halogens is 2. The van der Waals surface area contributed by atoms with Crippen molar-refractivity contribution in [2.75, 3.05) is 6.61 Å². The molecule has 5 heteroatoms. The lowest BCUT2D eigenvalue weighted by molar-refractivity contribution is -0.161. The van der Waals surface area contributed by atoms with E-state index < -0.39 is 5.41 Å². The lowest BCUT2D eigenvalue weighted by Crippen LogP contribution is -2.58. The average molecular weight is 501 g/mol. The SMILES string of the molecule is C=CC[C@@]1(C)C[C@H](c2cccc(Cl)c2)[C@@H](c2ccc(Cl)cc2)N(C(CC)C2CCCCO2)C1=O. The summed E-state index contributed by atoms with van der Waals surface area (Å²) < 4.78 is 6.27. The second-order valence-electron chi connectivity index (χ2n) is 10.0. The number of carbonyl (C=O) groups excluding carboxylic acids is 1. The number of amides is 1. The van der Waals surface area contributed by atoms with E-state index >= 15 is 0 Å². The van der Waals surface area contributed by atoms with Gasteiger partial charge in [-0.1, -0.05) is 67.4 Å². The number of ether oxygens (including phenoxy) is 1. The van der Waals surface area contributed by atoms with Crippen molar-refractivity contribution in [2.45, 2.75) is 76.5 Å². The number of likely N-dealkylation sites (tertiary alicyclic amines) is 1. The Morgan fingerprint density at radius 3 is 2.53 bits per heavy atom. The zero-order valence-electron chi connectivity index (χ0n) is 20.2. The number of piperidine rings is 1. The number of nitrogens with zero attached hydrogens (tertiary/aromatic N) is 1. The molecule has 2 aliphatic rings. The molecule has 2 heterocycles. The summed E-state index contributed by atoms with van der Waals surface area (Å²) in [6, 6.07) is 15.9. The van der Waals surface area contributed by atoms with E-state index in [9.17, 15) is 4.79 Å². The van der Waals surface area contributed by atoms with Crippen molar-refractivity contribution in [1.82, 2.24) is 4.90 Å². The Morgan fingerprint density at radius 1 is 1.15 bits per heavy atom. The van der Waals surface area contributed by atoms with Gasteiger partial charge < -0.3 is 9.64 Å². The monoisotopic (exact) mass is 499 g/mol. The van der Waals surface area contributed by atoms with E-state index in [0.29, 0.717) is 16.5 Å². The lowest BCUT2D eigenvalue weighted by Gasteiger charge is -2.53. The first-order valence-corrected chi connectivity index (χ1v) is 13.2. The molecule has 2 aromatic carbocycles. The van der Waals surface area contributed by atoms with Crippen molar-refractivity contribution in [3.8, 4) is 0 Å². The number of benzene rings is 2. The summed E-state index contributed by atoms with van der Waals surface area (Å²) in [4.78, 5) is 16.5. The first-order chi connectivity index (χ1) is 16.4. The maximum atomic E-state index is 14.3. The molecule has 2 aliphatic heterocycles. The van der Waals surface area contributed by atoms with Crippen molar-refractivity contribution >= 4 is 29.1 Å². The number of carbonyl (C=O) groups is 1. The van der Waals surface area contributed by atoms with Crippen LogP contribution in [-0.4, -0.2) is 29.6 Å². The largest absolute Gasteiger partial charge is 0.376 e. The predicted molar refractivity (Wildman–Crippen MR) is 140 cm³/mol. The molecule has 0 bridgehead atoms. The van der Waals surface area contributed by atoms with Gasteiger partial charge in [0, 0.05) is 22.6 Å². The zero-order valence-corrected chi connectivity index (χ0v) is 21.7. The second kappa shape index (κ2) is 10.8. The standard InChI is InChI=1S/C29H35Cl2NO2/c1-4-16-29(3)19-24(21-9-8-10-23(31)18-21)27(20-12-14-22(30)15-13-20)32(28(29)33)25(5-2)26-11-6-7-17-34-26/h4,8-10,12-15,18,24-27H,1,5-7,11,16-17,19H2,2-3H3/t24-,25?,26?,27-,29+/m1/s1. The third kappa shape index (κ3) is 5.08. The summed E-state index contributed by atoms with van der Waals surface area (Å²) >= 11 is 12.7. The minimum absolute atomic E-state index is 0.000368. The third-order valence-electron chi connectivity index (χ3n) is 7.60. The normalized spacial score (nSPS) is 28.5. The van der Waals surface area contributed by atoms with E-state index in [1.807, 2.05) is 30.3 Å². The molecule has 4 rings (SSSR count). The van der Waals surface area contributed by atoms with Gasteiger partial charge in [-0.05, 0) is 73.9 Å². The third-order valence-corrected chi connectivity index (χ3v) is 8.09. The van der Waals surface area contributed by atoms with E-state index in [2.05, 4.69) is 49.6 Å². The number of rotatable bonds is 7. The van der Waals surface area contributed by atoms with Crippen LogP contribution in [0.15, 0.2) is 61.2 Å². The molecular weight excluding hydrogens is 465 g/mol. The van der Waals surface area contributed by atoms with Gasteiger partial charge in [-0.25, -0.2) is 0 Å². The van der Waals surface area contributed by atoms with Gasteiger partial charge >= 0.3 is 0 Å². The number of hydrogen-bond acceptors (Lipinski definition) is 2. The maximum Gasteiger partial charge on any atom is 0.229 e. The van der Waals surface area contributed by atoms with Gasteiger partial charge in [0.2, 0.25) is 5.91 Å². The minimum atomic E-state index is -0.542. The molecular formula is C29H35Cl2NO2. The van der Waals surface area contributed by atoms with Crippen molar-refractivity contribution < 1.29 is 9.53 Å². The summed E-state index contributed by atoms with van der Waals surface area (Å²) in [5.74, 6) is 0.270. The molecule has 0 spiro atoms. The topological polar surface area (TPSA) is 29.5 Å². The molecule has 0 aliphatic carbocycles. The molecule has 0 aromatic heterocycles. The lowest BCUT2D eigenvalue weighted by atomic mass is 9.66. The number of hydrogen-bond donors (Lipinski definition) is 0. The fraction of sp³-hybridized carbons (Fsp3) is 0.483. The van der Waals surface area contributed by atoms with Gasteiger partial charge in [0.25, 0.3) is 0 Å². The minimum Gasteiger partial charge on any atom is -0.376 e. The molecule has 0 saturated carbocycles. The van der Waals surface area contributed by atoms with E-state index in [-0.39, 0.29) is 30.0 Å². The highest BCUT2D eigenvalue weighted by Crippen LogP contribution is 2.52. The summed E-state index contributed by atoms with van der Waals surface area (Å²) in [5, 5.41) is 1.40. The predicted octanol–water partition coefficient (Wildman–Crippen LogP) is 7.98. The summed E-state index contributed by atoms with van der Waals surface area (Å²) in [5.41, 5.74) is 1.71. The van der Waals surface area contributed by atoms with E-state index in [4.69, 9.17) is 27.9 Å². The van der Waals surface area contributed by atoms with Gasteiger partial charge in [-0.15, -0.1) is 6.58 Å². The molecule has 182 valence electrons. The van der Waals surface area contributed by atoms with Crippen LogP contribution in [-0.2, 0) is 9.53 Å². The summed E-state index contributed by atoms with van der Waals surface area (Å²) in [7, 11) is 0. The Bertz CT molecular complexity index is 1000. The smallest absolute Gasteiger partial charge is 0.229 e. The first kappa shape index (κ1) is 25.3. The highest BCUT2D eigenvalue weighted by atomic mass is 35.5. The molecule has 2 fully saturated rings. The molecule has 2 aromatic rings. The summed E-state index contributed by atoms with van der Waals surface area (Å²) in [6.45, 7) is 9.00. The molecule has 34 heavy (non-hydrogen) atoms. The molecule has 5 atom stereocenters. The number of allylic oxidation sites excluding steroid dienone is 1. The summed E-state index contributed by atoms with van der Waals surface area (Å²) in [6.07, 6.45) is 7.33. The van der Waals surface area contributed by atoms with Gasteiger partial charge in [-0.3, -0.25) is 4.79 Å². The zero-order chi connectivity index (χ0) is 24.3. The van der Waals surface area contributed by atoms with Crippen LogP contribution in [0.3, 0.4) is 0 Å². The van der Waals surface area contributed by atoms with Crippen LogP contribution >= 0.6 is 23.2 Å². The van der Waals surface area contributed by atoms with Crippen LogP contribution in [0.4, 0.5) is 0 Å². The fourth-order valence-corrected chi connectivity index (χ4v) is 6.29. The van der Waals surface area contributed by atoms with Gasteiger partial charge in [0.1, 0.15) is 0 Å². The van der Waals surface area contributed by atoms with Crippen molar-refractivity contribution in [2.24, 2.45) is 5.41 Å². The Kier molecular flexibility index (Phi) is 8.07. The second-order valence-corrected chi connectivity index (χ2v) is 10.9. The molecule has 3 nitrogen and oxygen atoms in total. The Hall–Kier alpha value is -1.81. The Balaban J connectivity index is 1.88. The van der Waals surface area contributed by atoms with Crippen molar-refractivity contribution in [3.63, 3.8) is 0 Å². The van der Waals surface area contributed by atoms with Crippen molar-refractivity contribution in [1.29, 1.82) is 0 Å². The fourth-order valence-electron chi connectivity index (χ4n) is 5.96. The van der Waals surface area contributed by atoms with Crippen LogP contribution < -0.4 is 0 Å². The highest BCUT2D eigenvalue weighted by Gasteiger charge is 2.52. The quantitative estimate of drug-likeness (QED) is 0.361. The first-order valence-electron chi connectivity index (χ1n) is 12.4. The van der Waals surface area contributed by atoms with E-state index in [1.54, 1.807) is 0 Å². The van der Waals surface area contributed by atoms with Gasteiger partial charge in [0.15, 0.2) is 0 Å². The van der Waals surface area contributed by atoms with Crippen LogP contribution in [0, 0.1) is 5.41 Å². The highest BCUT2D eigenvalue weighted by molar-refractivity contribution is 6.30. The average Bonchev–Trinajstić information content (AvgIpc) is 2.84. The van der Waals surface area contributed by atoms with Crippen LogP contribution in [0.5, 0.6) is 0 Å². The van der Waals surface area contributed by atoms with Gasteiger partial charge in [0.05, 0.1) is 23.6 Å². The van der Waals surface area contributed by atoms with E-state index in [0.717, 1.165) is 49.8 Å². The molecule has 0 N–H and O–H groups in total. The van der Waals surface area contributed by atoms with E-state index in [1.165, 1.54) is 0 Å². The van der Waals surface area contributed by atoms with Crippen LogP contribution in [0.25, 0.3) is 0 Å². The molecule has 2 saturated heterocycles. The van der Waals surface area contributed by atoms with Gasteiger partial charge in [-0.2, -0.15) is 0 Å². The molecule has 1 amide bonds. The van der Waals surface area contributed by atoms with Crippen LogP contribution in [0.2, 0.25) is 10.0 Å². The molecule has 2 unspecified atom stereocenters. The maximum absolute atomic E-state index is 14.3. The van der Waals surface area contributed by atoms with Crippen LogP contribution in [0.1, 0.15) is 75.5 Å². The molecule has 0 radical (unpaired) electrons.